The van der Waals surface area contributed by atoms with Gasteiger partial charge in [0.2, 0.25) is 5.82 Å². The fraction of sp³-hybridized carbons (Fsp3) is 0.286. The molecule has 0 unspecified atom stereocenters. The van der Waals surface area contributed by atoms with Crippen molar-refractivity contribution in [3.8, 4) is 0 Å². The summed E-state index contributed by atoms with van der Waals surface area (Å²) in [4.78, 5) is 12.4. The van der Waals surface area contributed by atoms with Crippen LogP contribution in [-0.4, -0.2) is 9.91 Å². The van der Waals surface area contributed by atoms with Gasteiger partial charge in [0.05, 0.1) is 10.6 Å². The van der Waals surface area contributed by atoms with Crippen molar-refractivity contribution >= 4 is 5.69 Å². The maximum absolute atomic E-state index is 13.2. The maximum Gasteiger partial charge on any atom is 0.317 e. The van der Waals surface area contributed by atoms with Crippen LogP contribution in [0.1, 0.15) is 17.7 Å². The van der Waals surface area contributed by atoms with Crippen molar-refractivity contribution in [2.75, 3.05) is 0 Å². The summed E-state index contributed by atoms with van der Waals surface area (Å²) in [6, 6.07) is 0. The first-order valence-corrected chi connectivity index (χ1v) is 3.79. The summed E-state index contributed by atoms with van der Waals surface area (Å²) in [5.41, 5.74) is 2.31. The maximum atomic E-state index is 13.2. The van der Waals surface area contributed by atoms with Gasteiger partial charge in [-0.15, -0.1) is 0 Å². The smallest absolute Gasteiger partial charge is 0.317 e. The van der Waals surface area contributed by atoms with Crippen LogP contribution in [0.25, 0.3) is 0 Å². The van der Waals surface area contributed by atoms with Crippen molar-refractivity contribution < 1.29 is 18.1 Å². The minimum Gasteiger partial charge on any atom is -0.325 e. The average molecular weight is 221 g/mol. The van der Waals surface area contributed by atoms with Gasteiger partial charge in [-0.1, -0.05) is 0 Å². The number of hydrogen-bond acceptors (Lipinski definition) is 4. The Morgan fingerprint density at radius 1 is 1.60 bits per heavy atom. The highest BCUT2D eigenvalue weighted by atomic mass is 19.3. The Morgan fingerprint density at radius 3 is 2.60 bits per heavy atom. The van der Waals surface area contributed by atoms with Crippen LogP contribution in [-0.2, 0) is 6.54 Å². The fourth-order valence-electron chi connectivity index (χ4n) is 1.02. The Morgan fingerprint density at radius 2 is 2.20 bits per heavy atom. The van der Waals surface area contributed by atoms with E-state index in [1.807, 2.05) is 0 Å². The van der Waals surface area contributed by atoms with Gasteiger partial charge < -0.3 is 5.73 Å². The molecule has 0 aliphatic carbocycles. The molecule has 0 bridgehead atoms. The molecule has 15 heavy (non-hydrogen) atoms. The van der Waals surface area contributed by atoms with Crippen molar-refractivity contribution in [2.24, 2.45) is 5.73 Å². The van der Waals surface area contributed by atoms with Gasteiger partial charge in [-0.2, -0.15) is 4.39 Å². The average Bonchev–Trinajstić information content (AvgIpc) is 2.16. The number of alkyl halides is 2. The molecule has 0 amide bonds. The normalized spacial score (nSPS) is 10.7. The summed E-state index contributed by atoms with van der Waals surface area (Å²) in [5, 5.41) is 10.4. The highest BCUT2D eigenvalue weighted by molar-refractivity contribution is 5.42. The molecule has 0 fully saturated rings. The van der Waals surface area contributed by atoms with Gasteiger partial charge in [-0.25, -0.2) is 8.78 Å². The minimum atomic E-state index is -3.15. The zero-order valence-electron chi connectivity index (χ0n) is 7.28. The number of nitrogens with two attached hydrogens (primary N) is 1. The lowest BCUT2D eigenvalue weighted by Gasteiger charge is -2.04. The summed E-state index contributed by atoms with van der Waals surface area (Å²) >= 11 is 0. The highest BCUT2D eigenvalue weighted by Crippen LogP contribution is 2.31. The van der Waals surface area contributed by atoms with Gasteiger partial charge in [0.1, 0.15) is 5.56 Å². The van der Waals surface area contributed by atoms with E-state index in [9.17, 15) is 23.3 Å². The Bertz CT molecular complexity index is 397. The van der Waals surface area contributed by atoms with E-state index >= 15 is 0 Å². The number of nitro groups is 1. The first-order valence-electron chi connectivity index (χ1n) is 3.79. The SMILES string of the molecule is NCc1ncc(C(F)F)c([N+](=O)[O-])c1F. The van der Waals surface area contributed by atoms with Crippen molar-refractivity contribution in [2.45, 2.75) is 13.0 Å². The third kappa shape index (κ3) is 2.04. The molecule has 0 radical (unpaired) electrons. The standard InChI is InChI=1S/C7H6F3N3O2/c8-5-4(1-11)12-2-3(7(9)10)6(5)13(14)15/h2,7H,1,11H2. The van der Waals surface area contributed by atoms with Crippen LogP contribution in [0.5, 0.6) is 0 Å². The Labute approximate surface area is 81.9 Å². The molecule has 0 aromatic carbocycles. The molecule has 1 aromatic heterocycles. The van der Waals surface area contributed by atoms with E-state index < -0.39 is 40.7 Å². The molecule has 0 aliphatic heterocycles. The Hall–Kier alpha value is -1.70. The lowest BCUT2D eigenvalue weighted by Crippen LogP contribution is -2.08. The number of hydrogen-bond donors (Lipinski definition) is 1. The molecule has 0 spiro atoms. The zero-order chi connectivity index (χ0) is 11.6. The molecular weight excluding hydrogens is 215 g/mol. The first-order chi connectivity index (χ1) is 6.99. The second kappa shape index (κ2) is 4.22. The lowest BCUT2D eigenvalue weighted by molar-refractivity contribution is -0.389. The van der Waals surface area contributed by atoms with E-state index in [1.165, 1.54) is 0 Å². The van der Waals surface area contributed by atoms with Crippen LogP contribution in [0.15, 0.2) is 6.20 Å². The number of nitrogens with zero attached hydrogens (tertiary/aromatic N) is 2. The third-order valence-electron chi connectivity index (χ3n) is 1.71. The monoisotopic (exact) mass is 221 g/mol. The molecular formula is C7H6F3N3O2. The van der Waals surface area contributed by atoms with Gasteiger partial charge in [-0.3, -0.25) is 15.1 Å². The number of halogens is 3. The van der Waals surface area contributed by atoms with Crippen LogP contribution in [0.4, 0.5) is 18.9 Å². The van der Waals surface area contributed by atoms with Crippen LogP contribution >= 0.6 is 0 Å². The molecule has 1 rings (SSSR count). The number of rotatable bonds is 3. The van der Waals surface area contributed by atoms with E-state index in [-0.39, 0.29) is 0 Å². The molecule has 5 nitrogen and oxygen atoms in total. The van der Waals surface area contributed by atoms with E-state index in [2.05, 4.69) is 4.98 Å². The minimum absolute atomic E-state index is 0.393. The second-order valence-corrected chi connectivity index (χ2v) is 2.58. The molecule has 0 aliphatic rings. The lowest BCUT2D eigenvalue weighted by atomic mass is 10.2. The topological polar surface area (TPSA) is 82.0 Å². The summed E-state index contributed by atoms with van der Waals surface area (Å²) in [5.74, 6) is -1.40. The van der Waals surface area contributed by atoms with Crippen molar-refractivity contribution in [3.63, 3.8) is 0 Å². The number of aromatic nitrogens is 1. The van der Waals surface area contributed by atoms with Crippen molar-refractivity contribution in [3.05, 3.63) is 33.4 Å². The predicted molar refractivity (Wildman–Crippen MR) is 43.7 cm³/mol. The van der Waals surface area contributed by atoms with Crippen LogP contribution in [0.2, 0.25) is 0 Å². The molecule has 82 valence electrons. The third-order valence-corrected chi connectivity index (χ3v) is 1.71. The van der Waals surface area contributed by atoms with Gasteiger partial charge >= 0.3 is 5.69 Å². The summed E-state index contributed by atoms with van der Waals surface area (Å²) in [6.07, 6.45) is -2.59. The molecule has 0 saturated heterocycles. The summed E-state index contributed by atoms with van der Waals surface area (Å²) < 4.78 is 37.7. The molecule has 0 atom stereocenters. The molecule has 8 heteroatoms. The number of pyridine rings is 1. The van der Waals surface area contributed by atoms with Gasteiger partial charge in [0.25, 0.3) is 6.43 Å². The van der Waals surface area contributed by atoms with E-state index in [0.29, 0.717) is 6.20 Å². The largest absolute Gasteiger partial charge is 0.325 e. The Balaban J connectivity index is 3.44. The van der Waals surface area contributed by atoms with Gasteiger partial charge in [0.15, 0.2) is 0 Å². The predicted octanol–water partition coefficient (Wildman–Crippen LogP) is 1.53. The quantitative estimate of drug-likeness (QED) is 0.619. The van der Waals surface area contributed by atoms with Crippen LogP contribution in [0, 0.1) is 15.9 Å². The summed E-state index contributed by atoms with van der Waals surface area (Å²) in [7, 11) is 0. The molecule has 1 heterocycles. The summed E-state index contributed by atoms with van der Waals surface area (Å²) in [6.45, 7) is -0.393. The molecule has 2 N–H and O–H groups in total. The van der Waals surface area contributed by atoms with Gasteiger partial charge in [-0.05, 0) is 0 Å². The fourth-order valence-corrected chi connectivity index (χ4v) is 1.02. The highest BCUT2D eigenvalue weighted by Gasteiger charge is 2.28. The van der Waals surface area contributed by atoms with E-state index in [1.54, 1.807) is 0 Å². The van der Waals surface area contributed by atoms with E-state index in [4.69, 9.17) is 5.73 Å². The van der Waals surface area contributed by atoms with E-state index in [0.717, 1.165) is 0 Å². The van der Waals surface area contributed by atoms with Crippen LogP contribution < -0.4 is 5.73 Å². The van der Waals surface area contributed by atoms with Crippen LogP contribution in [0.3, 0.4) is 0 Å². The van der Waals surface area contributed by atoms with Crippen molar-refractivity contribution in [1.82, 2.24) is 4.98 Å². The zero-order valence-corrected chi connectivity index (χ0v) is 7.28. The molecule has 0 saturated carbocycles. The van der Waals surface area contributed by atoms with Gasteiger partial charge in [0, 0.05) is 12.7 Å². The molecule has 1 aromatic rings. The van der Waals surface area contributed by atoms with Crippen molar-refractivity contribution in [1.29, 1.82) is 0 Å². The second-order valence-electron chi connectivity index (χ2n) is 2.58. The Kier molecular flexibility index (Phi) is 3.20. The first kappa shape index (κ1) is 11.4.